The van der Waals surface area contributed by atoms with Crippen LogP contribution in [0.3, 0.4) is 0 Å². The van der Waals surface area contributed by atoms with Crippen LogP contribution < -0.4 is 10.6 Å². The largest absolute Gasteiger partial charge is 0.330 e. The number of rotatable bonds is 2. The third-order valence-electron chi connectivity index (χ3n) is 3.15. The molecule has 1 aliphatic rings. The van der Waals surface area contributed by atoms with E-state index in [0.717, 1.165) is 25.1 Å². The van der Waals surface area contributed by atoms with Gasteiger partial charge >= 0.3 is 0 Å². The van der Waals surface area contributed by atoms with Gasteiger partial charge in [-0.15, -0.1) is 0 Å². The van der Waals surface area contributed by atoms with Crippen LogP contribution in [0.4, 0.5) is 5.69 Å². The fourth-order valence-corrected chi connectivity index (χ4v) is 2.13. The molecule has 16 heavy (non-hydrogen) atoms. The lowest BCUT2D eigenvalue weighted by Gasteiger charge is -2.31. The Morgan fingerprint density at radius 2 is 2.25 bits per heavy atom. The average Bonchev–Trinajstić information content (AvgIpc) is 2.36. The summed E-state index contributed by atoms with van der Waals surface area (Å²) >= 11 is 0. The molecule has 1 heterocycles. The zero-order valence-corrected chi connectivity index (χ0v) is 9.65. The summed E-state index contributed by atoms with van der Waals surface area (Å²) in [6.45, 7) is 3.12. The van der Waals surface area contributed by atoms with Crippen LogP contribution in [0.5, 0.6) is 0 Å². The van der Waals surface area contributed by atoms with E-state index in [4.69, 9.17) is 5.73 Å². The average molecular weight is 218 g/mol. The number of carbonyl (C=O) groups is 1. The quantitative estimate of drug-likeness (QED) is 0.819. The Kier molecular flexibility index (Phi) is 3.25. The number of benzene rings is 1. The van der Waals surface area contributed by atoms with Crippen LogP contribution in [0.15, 0.2) is 24.3 Å². The molecular weight excluding hydrogens is 200 g/mol. The minimum atomic E-state index is -0.0915. The molecule has 3 nitrogen and oxygen atoms in total. The molecule has 1 unspecified atom stereocenters. The number of nitrogens with zero attached hydrogens (tertiary/aromatic N) is 1. The minimum Gasteiger partial charge on any atom is -0.330 e. The van der Waals surface area contributed by atoms with Crippen molar-refractivity contribution >= 4 is 11.6 Å². The van der Waals surface area contributed by atoms with Gasteiger partial charge in [0.2, 0.25) is 5.91 Å². The molecule has 1 atom stereocenters. The van der Waals surface area contributed by atoms with Gasteiger partial charge in [-0.1, -0.05) is 25.1 Å². The highest BCUT2D eigenvalue weighted by Crippen LogP contribution is 2.27. The predicted octanol–water partition coefficient (Wildman–Crippen LogP) is 1.56. The van der Waals surface area contributed by atoms with Crippen molar-refractivity contribution in [1.29, 1.82) is 0 Å². The fraction of sp³-hybridized carbons (Fsp3) is 0.462. The van der Waals surface area contributed by atoms with Crippen molar-refractivity contribution in [2.45, 2.75) is 19.8 Å². The summed E-state index contributed by atoms with van der Waals surface area (Å²) < 4.78 is 0. The molecule has 1 aromatic carbocycles. The number of hydrogen-bond acceptors (Lipinski definition) is 2. The fourth-order valence-electron chi connectivity index (χ4n) is 2.13. The molecule has 2 rings (SSSR count). The van der Waals surface area contributed by atoms with E-state index >= 15 is 0 Å². The number of hydrogen-bond donors (Lipinski definition) is 1. The summed E-state index contributed by atoms with van der Waals surface area (Å²) in [5.74, 6) is 0.0563. The normalized spacial score (nSPS) is 16.8. The first-order valence-electron chi connectivity index (χ1n) is 5.83. The first kappa shape index (κ1) is 11.1. The van der Waals surface area contributed by atoms with E-state index in [9.17, 15) is 4.79 Å². The smallest absolute Gasteiger partial charge is 0.231 e. The molecule has 86 valence electrons. The van der Waals surface area contributed by atoms with Gasteiger partial charge in [0.15, 0.2) is 0 Å². The van der Waals surface area contributed by atoms with Crippen LogP contribution in [0.25, 0.3) is 0 Å². The molecule has 1 aliphatic heterocycles. The lowest BCUT2D eigenvalue weighted by molar-refractivity contribution is -0.121. The molecule has 2 N–H and O–H groups in total. The highest BCUT2D eigenvalue weighted by atomic mass is 16.2. The van der Waals surface area contributed by atoms with Crippen molar-refractivity contribution in [3.05, 3.63) is 29.8 Å². The number of nitrogens with two attached hydrogens (primary N) is 1. The molecule has 0 spiro atoms. The van der Waals surface area contributed by atoms with Crippen molar-refractivity contribution in [1.82, 2.24) is 0 Å². The summed E-state index contributed by atoms with van der Waals surface area (Å²) in [4.78, 5) is 14.0. The van der Waals surface area contributed by atoms with Gasteiger partial charge in [0.05, 0.1) is 0 Å². The lowest BCUT2D eigenvalue weighted by atomic mass is 10.00. The van der Waals surface area contributed by atoms with Crippen molar-refractivity contribution in [2.75, 3.05) is 18.0 Å². The zero-order valence-electron chi connectivity index (χ0n) is 9.65. The maximum Gasteiger partial charge on any atom is 0.231 e. The molecule has 0 saturated heterocycles. The molecule has 0 fully saturated rings. The van der Waals surface area contributed by atoms with Crippen LogP contribution in [-0.2, 0) is 11.2 Å². The molecule has 0 aliphatic carbocycles. The summed E-state index contributed by atoms with van der Waals surface area (Å²) in [5, 5.41) is 0. The predicted molar refractivity (Wildman–Crippen MR) is 65.3 cm³/mol. The van der Waals surface area contributed by atoms with Crippen LogP contribution in [-0.4, -0.2) is 19.0 Å². The van der Waals surface area contributed by atoms with Crippen LogP contribution >= 0.6 is 0 Å². The molecule has 0 saturated carbocycles. The first-order chi connectivity index (χ1) is 7.74. The molecule has 1 amide bonds. The Morgan fingerprint density at radius 1 is 1.50 bits per heavy atom. The monoisotopic (exact) mass is 218 g/mol. The highest BCUT2D eigenvalue weighted by Gasteiger charge is 2.24. The van der Waals surface area contributed by atoms with Gasteiger partial charge in [-0.05, 0) is 24.5 Å². The Labute approximate surface area is 96.2 Å². The molecule has 0 aromatic heterocycles. The van der Waals surface area contributed by atoms with Gasteiger partial charge in [-0.2, -0.15) is 0 Å². The van der Waals surface area contributed by atoms with Crippen molar-refractivity contribution < 1.29 is 4.79 Å². The standard InChI is InChI=1S/C13H18N2O/c1-10(9-14)13(16)15-8-4-6-11-5-2-3-7-12(11)15/h2-3,5,7,10H,4,6,8-9,14H2,1H3. The van der Waals surface area contributed by atoms with E-state index in [0.29, 0.717) is 6.54 Å². The van der Waals surface area contributed by atoms with E-state index in [1.807, 2.05) is 30.0 Å². The Bertz CT molecular complexity index is 389. The third-order valence-corrected chi connectivity index (χ3v) is 3.15. The van der Waals surface area contributed by atoms with Crippen molar-refractivity contribution in [3.63, 3.8) is 0 Å². The van der Waals surface area contributed by atoms with E-state index in [1.54, 1.807) is 0 Å². The second-order valence-corrected chi connectivity index (χ2v) is 4.36. The van der Waals surface area contributed by atoms with Crippen molar-refractivity contribution in [2.24, 2.45) is 11.7 Å². The van der Waals surface area contributed by atoms with Crippen LogP contribution in [0.1, 0.15) is 18.9 Å². The van der Waals surface area contributed by atoms with Gasteiger partial charge in [0.1, 0.15) is 0 Å². The number of carbonyl (C=O) groups excluding carboxylic acids is 1. The Morgan fingerprint density at radius 3 is 3.00 bits per heavy atom. The number of amides is 1. The van der Waals surface area contributed by atoms with Gasteiger partial charge in [0.25, 0.3) is 0 Å². The number of para-hydroxylation sites is 1. The Hall–Kier alpha value is -1.35. The summed E-state index contributed by atoms with van der Waals surface area (Å²) in [7, 11) is 0. The van der Waals surface area contributed by atoms with Gasteiger partial charge < -0.3 is 10.6 Å². The number of aryl methyl sites for hydroxylation is 1. The second kappa shape index (κ2) is 4.66. The van der Waals surface area contributed by atoms with Crippen LogP contribution in [0.2, 0.25) is 0 Å². The van der Waals surface area contributed by atoms with Gasteiger partial charge in [-0.25, -0.2) is 0 Å². The SMILES string of the molecule is CC(CN)C(=O)N1CCCc2ccccc21. The van der Waals surface area contributed by atoms with Crippen LogP contribution in [0, 0.1) is 5.92 Å². The molecular formula is C13H18N2O. The summed E-state index contributed by atoms with van der Waals surface area (Å²) in [5.41, 5.74) is 7.89. The molecule has 3 heteroatoms. The molecule has 0 bridgehead atoms. The molecule has 1 aromatic rings. The van der Waals surface area contributed by atoms with E-state index in [1.165, 1.54) is 5.56 Å². The second-order valence-electron chi connectivity index (χ2n) is 4.36. The lowest BCUT2D eigenvalue weighted by Crippen LogP contribution is -2.40. The number of fused-ring (bicyclic) bond motifs is 1. The van der Waals surface area contributed by atoms with Crippen molar-refractivity contribution in [3.8, 4) is 0 Å². The minimum absolute atomic E-state index is 0.0915. The topological polar surface area (TPSA) is 46.3 Å². The maximum absolute atomic E-state index is 12.1. The third kappa shape index (κ3) is 1.95. The maximum atomic E-state index is 12.1. The molecule has 0 radical (unpaired) electrons. The van der Waals surface area contributed by atoms with Gasteiger partial charge in [-0.3, -0.25) is 4.79 Å². The summed E-state index contributed by atoms with van der Waals surface area (Å²) in [6, 6.07) is 8.13. The first-order valence-corrected chi connectivity index (χ1v) is 5.83. The van der Waals surface area contributed by atoms with Gasteiger partial charge in [0, 0.05) is 24.7 Å². The van der Waals surface area contributed by atoms with E-state index in [2.05, 4.69) is 6.07 Å². The summed E-state index contributed by atoms with van der Waals surface area (Å²) in [6.07, 6.45) is 2.11. The number of anilines is 1. The zero-order chi connectivity index (χ0) is 11.5. The van der Waals surface area contributed by atoms with E-state index in [-0.39, 0.29) is 11.8 Å². The Balaban J connectivity index is 2.28. The highest BCUT2D eigenvalue weighted by molar-refractivity contribution is 5.96. The van der Waals surface area contributed by atoms with E-state index < -0.39 is 0 Å².